The largest absolute Gasteiger partial charge is 0.463 e. The normalized spacial score (nSPS) is 12.3. The molecule has 1 amide bonds. The Hall–Kier alpha value is -3.46. The highest BCUT2D eigenvalue weighted by Gasteiger charge is 2.41. The average molecular weight is 364 g/mol. The second-order valence-corrected chi connectivity index (χ2v) is 5.99. The van der Waals surface area contributed by atoms with Gasteiger partial charge in [0.2, 0.25) is 11.4 Å². The minimum absolute atomic E-state index is 0.0778. The molecule has 1 atom stereocenters. The van der Waals surface area contributed by atoms with Crippen molar-refractivity contribution >= 4 is 17.7 Å². The van der Waals surface area contributed by atoms with Gasteiger partial charge < -0.3 is 10.1 Å². The number of nitrogens with zero attached hydrogens (tertiary/aromatic N) is 1. The fraction of sp³-hybridized carbons (Fsp3) is 0.238. The van der Waals surface area contributed by atoms with E-state index in [1.807, 2.05) is 12.1 Å². The zero-order chi connectivity index (χ0) is 19.9. The van der Waals surface area contributed by atoms with Gasteiger partial charge in [-0.15, -0.1) is 0 Å². The summed E-state index contributed by atoms with van der Waals surface area (Å²) in [6.07, 6.45) is -0.113. The molecule has 0 aliphatic heterocycles. The molecule has 0 saturated carbocycles. The Morgan fingerprint density at radius 1 is 1.07 bits per heavy atom. The standard InChI is InChI=1S/C21H20N2O4/c1-3-27-20(26)21(14-22,23-15(2)24)13-16-8-7-11-18(12-16)19(25)17-9-5-4-6-10-17/h4-12H,3,13H2,1-2H3,(H,23,24). The maximum atomic E-state index is 12.6. The molecule has 0 aliphatic rings. The number of nitrogens with one attached hydrogen (secondary N) is 1. The Labute approximate surface area is 157 Å². The van der Waals surface area contributed by atoms with Gasteiger partial charge in [-0.05, 0) is 18.6 Å². The van der Waals surface area contributed by atoms with Gasteiger partial charge in [-0.25, -0.2) is 4.79 Å². The van der Waals surface area contributed by atoms with Gasteiger partial charge in [0.15, 0.2) is 5.78 Å². The lowest BCUT2D eigenvalue weighted by Gasteiger charge is -2.25. The molecule has 0 aliphatic carbocycles. The molecule has 2 rings (SSSR count). The Morgan fingerprint density at radius 2 is 1.74 bits per heavy atom. The monoisotopic (exact) mass is 364 g/mol. The van der Waals surface area contributed by atoms with Gasteiger partial charge in [0.1, 0.15) is 6.07 Å². The summed E-state index contributed by atoms with van der Waals surface area (Å²) in [5.74, 6) is -1.53. The minimum atomic E-state index is -1.85. The summed E-state index contributed by atoms with van der Waals surface area (Å²) in [7, 11) is 0. The van der Waals surface area contributed by atoms with E-state index in [9.17, 15) is 19.6 Å². The number of nitriles is 1. The summed E-state index contributed by atoms with van der Waals surface area (Å²) in [6, 6.07) is 17.3. The van der Waals surface area contributed by atoms with Crippen LogP contribution in [-0.4, -0.2) is 29.8 Å². The van der Waals surface area contributed by atoms with Crippen molar-refractivity contribution in [2.45, 2.75) is 25.8 Å². The number of rotatable bonds is 7. The van der Waals surface area contributed by atoms with Crippen LogP contribution in [0.1, 0.15) is 35.3 Å². The Morgan fingerprint density at radius 3 is 2.33 bits per heavy atom. The van der Waals surface area contributed by atoms with E-state index in [4.69, 9.17) is 4.74 Å². The molecule has 1 N–H and O–H groups in total. The van der Waals surface area contributed by atoms with Crippen LogP contribution in [0.4, 0.5) is 0 Å². The van der Waals surface area contributed by atoms with Gasteiger partial charge in [0.25, 0.3) is 0 Å². The molecule has 0 bridgehead atoms. The number of hydrogen-bond donors (Lipinski definition) is 1. The second kappa shape index (κ2) is 8.77. The Kier molecular flexibility index (Phi) is 6.45. The molecule has 0 spiro atoms. The lowest BCUT2D eigenvalue weighted by molar-refractivity contribution is -0.150. The first-order valence-electron chi connectivity index (χ1n) is 8.48. The van der Waals surface area contributed by atoms with Gasteiger partial charge in [0.05, 0.1) is 6.61 Å². The van der Waals surface area contributed by atoms with Crippen LogP contribution in [0.25, 0.3) is 0 Å². The van der Waals surface area contributed by atoms with E-state index < -0.39 is 17.4 Å². The summed E-state index contributed by atoms with van der Waals surface area (Å²) in [5.41, 5.74) is -0.332. The van der Waals surface area contributed by atoms with Gasteiger partial charge >= 0.3 is 5.97 Å². The molecule has 0 fully saturated rings. The summed E-state index contributed by atoms with van der Waals surface area (Å²) in [4.78, 5) is 36.5. The molecule has 6 nitrogen and oxygen atoms in total. The SMILES string of the molecule is CCOC(=O)C(C#N)(Cc1cccc(C(=O)c2ccccc2)c1)NC(C)=O. The highest BCUT2D eigenvalue weighted by atomic mass is 16.5. The predicted molar refractivity (Wildman–Crippen MR) is 98.8 cm³/mol. The van der Waals surface area contributed by atoms with Crippen LogP contribution < -0.4 is 5.32 Å². The smallest absolute Gasteiger partial charge is 0.347 e. The quantitative estimate of drug-likeness (QED) is 0.601. The number of carbonyl (C=O) groups excluding carboxylic acids is 3. The van der Waals surface area contributed by atoms with Crippen molar-refractivity contribution in [3.63, 3.8) is 0 Å². The van der Waals surface area contributed by atoms with E-state index in [0.29, 0.717) is 16.7 Å². The molecule has 1 unspecified atom stereocenters. The molecular formula is C21H20N2O4. The number of esters is 1. The van der Waals surface area contributed by atoms with Crippen LogP contribution in [0.15, 0.2) is 54.6 Å². The number of benzene rings is 2. The van der Waals surface area contributed by atoms with Crippen molar-refractivity contribution in [3.8, 4) is 6.07 Å². The number of ether oxygens (including phenoxy) is 1. The topological polar surface area (TPSA) is 96.3 Å². The lowest BCUT2D eigenvalue weighted by Crippen LogP contribution is -2.55. The van der Waals surface area contributed by atoms with Crippen molar-refractivity contribution < 1.29 is 19.1 Å². The number of hydrogen-bond acceptors (Lipinski definition) is 5. The molecule has 6 heteroatoms. The summed E-state index contributed by atoms with van der Waals surface area (Å²) < 4.78 is 4.98. The van der Waals surface area contributed by atoms with E-state index in [0.717, 1.165) is 0 Å². The highest BCUT2D eigenvalue weighted by Crippen LogP contribution is 2.19. The molecule has 0 radical (unpaired) electrons. The maximum absolute atomic E-state index is 12.6. The van der Waals surface area contributed by atoms with Crippen LogP contribution in [0.2, 0.25) is 0 Å². The first kappa shape index (κ1) is 19.9. The van der Waals surface area contributed by atoms with Crippen molar-refractivity contribution in [3.05, 3.63) is 71.3 Å². The second-order valence-electron chi connectivity index (χ2n) is 5.99. The fourth-order valence-corrected chi connectivity index (χ4v) is 2.72. The number of carbonyl (C=O) groups is 3. The third kappa shape index (κ3) is 4.79. The first-order chi connectivity index (χ1) is 12.9. The summed E-state index contributed by atoms with van der Waals surface area (Å²) >= 11 is 0. The molecule has 27 heavy (non-hydrogen) atoms. The fourth-order valence-electron chi connectivity index (χ4n) is 2.72. The lowest BCUT2D eigenvalue weighted by atomic mass is 9.90. The third-order valence-corrected chi connectivity index (χ3v) is 3.90. The van der Waals surface area contributed by atoms with E-state index in [1.54, 1.807) is 55.5 Å². The average Bonchev–Trinajstić information content (AvgIpc) is 2.67. The first-order valence-corrected chi connectivity index (χ1v) is 8.48. The molecule has 0 heterocycles. The molecule has 0 aromatic heterocycles. The van der Waals surface area contributed by atoms with Gasteiger partial charge in [0, 0.05) is 24.5 Å². The van der Waals surface area contributed by atoms with Crippen LogP contribution in [-0.2, 0) is 20.7 Å². The zero-order valence-corrected chi connectivity index (χ0v) is 15.2. The van der Waals surface area contributed by atoms with Gasteiger partial charge in [-0.3, -0.25) is 9.59 Å². The van der Waals surface area contributed by atoms with Crippen LogP contribution in [0.3, 0.4) is 0 Å². The maximum Gasteiger partial charge on any atom is 0.347 e. The van der Waals surface area contributed by atoms with Crippen LogP contribution >= 0.6 is 0 Å². The summed E-state index contributed by atoms with van der Waals surface area (Å²) in [6.45, 7) is 2.92. The Balaban J connectivity index is 2.36. The van der Waals surface area contributed by atoms with Gasteiger partial charge in [-0.2, -0.15) is 5.26 Å². The number of amides is 1. The van der Waals surface area contributed by atoms with Crippen LogP contribution in [0, 0.1) is 11.3 Å². The van der Waals surface area contributed by atoms with E-state index in [2.05, 4.69) is 5.32 Å². The predicted octanol–water partition coefficient (Wildman–Crippen LogP) is 2.42. The van der Waals surface area contributed by atoms with E-state index >= 15 is 0 Å². The zero-order valence-electron chi connectivity index (χ0n) is 15.2. The molecule has 0 saturated heterocycles. The van der Waals surface area contributed by atoms with Crippen molar-refractivity contribution in [2.75, 3.05) is 6.61 Å². The van der Waals surface area contributed by atoms with Crippen molar-refractivity contribution in [1.29, 1.82) is 5.26 Å². The van der Waals surface area contributed by atoms with Gasteiger partial charge in [-0.1, -0.05) is 48.5 Å². The number of ketones is 1. The Bertz CT molecular complexity index is 887. The van der Waals surface area contributed by atoms with Crippen molar-refractivity contribution in [1.82, 2.24) is 5.32 Å². The third-order valence-electron chi connectivity index (χ3n) is 3.90. The van der Waals surface area contributed by atoms with Crippen molar-refractivity contribution in [2.24, 2.45) is 0 Å². The van der Waals surface area contributed by atoms with E-state index in [-0.39, 0.29) is 18.8 Å². The van der Waals surface area contributed by atoms with E-state index in [1.165, 1.54) is 6.92 Å². The molecule has 2 aromatic carbocycles. The minimum Gasteiger partial charge on any atom is -0.463 e. The molecular weight excluding hydrogens is 344 g/mol. The molecule has 138 valence electrons. The molecule has 2 aromatic rings. The summed E-state index contributed by atoms with van der Waals surface area (Å²) in [5, 5.41) is 12.0. The van der Waals surface area contributed by atoms with Crippen LogP contribution in [0.5, 0.6) is 0 Å². The highest BCUT2D eigenvalue weighted by molar-refractivity contribution is 6.09.